The number of urea groups is 1. The SMILES string of the molecule is O=C1NC(=O)N(c2ccc(Cl)cc2)C(=O)/C1=C\c1ccc(-c2cccc(Br)c2)o1. The van der Waals surface area contributed by atoms with E-state index < -0.39 is 17.8 Å². The molecule has 0 unspecified atom stereocenters. The van der Waals surface area contributed by atoms with Crippen LogP contribution in [-0.4, -0.2) is 17.8 Å². The Kier molecular flexibility index (Phi) is 5.08. The molecule has 144 valence electrons. The van der Waals surface area contributed by atoms with E-state index in [2.05, 4.69) is 21.2 Å². The summed E-state index contributed by atoms with van der Waals surface area (Å²) < 4.78 is 6.65. The summed E-state index contributed by atoms with van der Waals surface area (Å²) in [5.41, 5.74) is 0.917. The molecule has 29 heavy (non-hydrogen) atoms. The van der Waals surface area contributed by atoms with E-state index in [1.54, 1.807) is 24.3 Å². The average Bonchev–Trinajstić information content (AvgIpc) is 3.15. The van der Waals surface area contributed by atoms with E-state index in [4.69, 9.17) is 16.0 Å². The van der Waals surface area contributed by atoms with Crippen molar-refractivity contribution in [2.75, 3.05) is 4.90 Å². The fourth-order valence-corrected chi connectivity index (χ4v) is 3.38. The van der Waals surface area contributed by atoms with Crippen molar-refractivity contribution < 1.29 is 18.8 Å². The molecule has 0 bridgehead atoms. The minimum atomic E-state index is -0.825. The summed E-state index contributed by atoms with van der Waals surface area (Å²) >= 11 is 9.26. The standard InChI is InChI=1S/C21H12BrClN2O4/c22-13-3-1-2-12(10-13)18-9-8-16(29-18)11-17-19(26)24-21(28)25(20(17)27)15-6-4-14(23)5-7-15/h1-11H,(H,24,26,28)/b17-11-. The van der Waals surface area contributed by atoms with Gasteiger partial charge >= 0.3 is 6.03 Å². The van der Waals surface area contributed by atoms with Gasteiger partial charge in [-0.15, -0.1) is 0 Å². The molecule has 3 aromatic rings. The second-order valence-corrected chi connectivity index (χ2v) is 7.50. The molecule has 1 fully saturated rings. The summed E-state index contributed by atoms with van der Waals surface area (Å²) in [6, 6.07) is 16.2. The fourth-order valence-electron chi connectivity index (χ4n) is 2.85. The number of nitrogens with one attached hydrogen (secondary N) is 1. The molecule has 1 aliphatic heterocycles. The minimum absolute atomic E-state index is 0.213. The van der Waals surface area contributed by atoms with E-state index in [0.717, 1.165) is 14.9 Å². The van der Waals surface area contributed by atoms with Crippen LogP contribution in [0.25, 0.3) is 17.4 Å². The van der Waals surface area contributed by atoms with Crippen LogP contribution >= 0.6 is 27.5 Å². The molecule has 0 aliphatic carbocycles. The molecule has 6 nitrogen and oxygen atoms in total. The average molecular weight is 472 g/mol. The Morgan fingerprint density at radius 3 is 2.48 bits per heavy atom. The lowest BCUT2D eigenvalue weighted by Gasteiger charge is -2.26. The van der Waals surface area contributed by atoms with Gasteiger partial charge in [-0.25, -0.2) is 9.69 Å². The summed E-state index contributed by atoms with van der Waals surface area (Å²) in [7, 11) is 0. The van der Waals surface area contributed by atoms with Gasteiger partial charge in [0.15, 0.2) is 0 Å². The predicted octanol–water partition coefficient (Wildman–Crippen LogP) is 5.03. The molecular weight excluding hydrogens is 460 g/mol. The van der Waals surface area contributed by atoms with Gasteiger partial charge in [-0.3, -0.25) is 14.9 Å². The van der Waals surface area contributed by atoms with Crippen molar-refractivity contribution in [2.24, 2.45) is 0 Å². The van der Waals surface area contributed by atoms with Crippen LogP contribution < -0.4 is 10.2 Å². The van der Waals surface area contributed by atoms with E-state index in [0.29, 0.717) is 22.2 Å². The van der Waals surface area contributed by atoms with Crippen molar-refractivity contribution in [2.45, 2.75) is 0 Å². The highest BCUT2D eigenvalue weighted by Crippen LogP contribution is 2.27. The number of imide groups is 2. The Balaban J connectivity index is 1.67. The predicted molar refractivity (Wildman–Crippen MR) is 112 cm³/mol. The maximum Gasteiger partial charge on any atom is 0.335 e. The Morgan fingerprint density at radius 2 is 1.76 bits per heavy atom. The number of amides is 4. The highest BCUT2D eigenvalue weighted by molar-refractivity contribution is 9.10. The molecule has 0 radical (unpaired) electrons. The number of furan rings is 1. The molecule has 1 N–H and O–H groups in total. The molecule has 1 aliphatic rings. The van der Waals surface area contributed by atoms with E-state index in [9.17, 15) is 14.4 Å². The van der Waals surface area contributed by atoms with Gasteiger partial charge in [-0.2, -0.15) is 0 Å². The molecule has 2 aromatic carbocycles. The van der Waals surface area contributed by atoms with Crippen molar-refractivity contribution >= 4 is 57.1 Å². The third kappa shape index (κ3) is 3.87. The van der Waals surface area contributed by atoms with Crippen molar-refractivity contribution in [1.29, 1.82) is 0 Å². The quantitative estimate of drug-likeness (QED) is 0.429. The number of anilines is 1. The maximum absolute atomic E-state index is 12.9. The van der Waals surface area contributed by atoms with Crippen LogP contribution in [0, 0.1) is 0 Å². The number of halogens is 2. The van der Waals surface area contributed by atoms with Gasteiger partial charge in [0.2, 0.25) is 0 Å². The zero-order valence-electron chi connectivity index (χ0n) is 14.7. The first kappa shape index (κ1) is 19.2. The fraction of sp³-hybridized carbons (Fsp3) is 0. The minimum Gasteiger partial charge on any atom is -0.457 e. The zero-order valence-corrected chi connectivity index (χ0v) is 17.0. The van der Waals surface area contributed by atoms with Gasteiger partial charge in [0.05, 0.1) is 5.69 Å². The van der Waals surface area contributed by atoms with E-state index in [1.807, 2.05) is 24.3 Å². The number of rotatable bonds is 3. The molecule has 4 rings (SSSR count). The molecule has 1 saturated heterocycles. The first-order chi connectivity index (χ1) is 13.9. The van der Waals surface area contributed by atoms with Crippen molar-refractivity contribution in [1.82, 2.24) is 5.32 Å². The van der Waals surface area contributed by atoms with E-state index in [-0.39, 0.29) is 5.57 Å². The van der Waals surface area contributed by atoms with Crippen LogP contribution in [0.5, 0.6) is 0 Å². The Hall–Kier alpha value is -3.16. The lowest BCUT2D eigenvalue weighted by Crippen LogP contribution is -2.54. The topological polar surface area (TPSA) is 79.6 Å². The van der Waals surface area contributed by atoms with Gasteiger partial charge in [-0.1, -0.05) is 39.7 Å². The van der Waals surface area contributed by atoms with Crippen LogP contribution in [0.2, 0.25) is 5.02 Å². The third-order valence-corrected chi connectivity index (χ3v) is 4.95. The zero-order chi connectivity index (χ0) is 20.5. The number of benzene rings is 2. The third-order valence-electron chi connectivity index (χ3n) is 4.21. The molecule has 4 amide bonds. The smallest absolute Gasteiger partial charge is 0.335 e. The Labute approximate surface area is 178 Å². The Morgan fingerprint density at radius 1 is 1.00 bits per heavy atom. The van der Waals surface area contributed by atoms with Gasteiger partial charge in [-0.05, 0) is 54.6 Å². The molecule has 0 spiro atoms. The van der Waals surface area contributed by atoms with Crippen LogP contribution in [0.1, 0.15) is 5.76 Å². The monoisotopic (exact) mass is 470 g/mol. The number of hydrogen-bond acceptors (Lipinski definition) is 4. The van der Waals surface area contributed by atoms with Crippen molar-refractivity contribution in [3.05, 3.63) is 81.5 Å². The first-order valence-electron chi connectivity index (χ1n) is 8.45. The van der Waals surface area contributed by atoms with E-state index >= 15 is 0 Å². The number of carbonyl (C=O) groups is 3. The lowest BCUT2D eigenvalue weighted by atomic mass is 10.1. The van der Waals surface area contributed by atoms with Gasteiger partial charge < -0.3 is 4.42 Å². The van der Waals surface area contributed by atoms with Crippen LogP contribution in [0.15, 0.2) is 75.1 Å². The summed E-state index contributed by atoms with van der Waals surface area (Å²) in [5.74, 6) is -0.650. The molecule has 2 heterocycles. The second-order valence-electron chi connectivity index (χ2n) is 6.15. The van der Waals surface area contributed by atoms with Crippen molar-refractivity contribution in [3.8, 4) is 11.3 Å². The number of barbiturate groups is 1. The highest BCUT2D eigenvalue weighted by Gasteiger charge is 2.37. The molecule has 0 atom stereocenters. The van der Waals surface area contributed by atoms with Gasteiger partial charge in [0.1, 0.15) is 17.1 Å². The molecular formula is C21H12BrClN2O4. The normalized spacial score (nSPS) is 15.7. The van der Waals surface area contributed by atoms with Gasteiger partial charge in [0, 0.05) is 15.1 Å². The lowest BCUT2D eigenvalue weighted by molar-refractivity contribution is -0.122. The van der Waals surface area contributed by atoms with E-state index in [1.165, 1.54) is 18.2 Å². The van der Waals surface area contributed by atoms with Gasteiger partial charge in [0.25, 0.3) is 11.8 Å². The summed E-state index contributed by atoms with van der Waals surface area (Å²) in [4.78, 5) is 38.2. The number of carbonyl (C=O) groups excluding carboxylic acids is 3. The largest absolute Gasteiger partial charge is 0.457 e. The summed E-state index contributed by atoms with van der Waals surface area (Å²) in [6.45, 7) is 0. The number of nitrogens with zero attached hydrogens (tertiary/aromatic N) is 1. The summed E-state index contributed by atoms with van der Waals surface area (Å²) in [5, 5.41) is 2.63. The number of hydrogen-bond donors (Lipinski definition) is 1. The maximum atomic E-state index is 12.9. The summed E-state index contributed by atoms with van der Waals surface area (Å²) in [6.07, 6.45) is 1.31. The molecule has 1 aromatic heterocycles. The van der Waals surface area contributed by atoms with Crippen LogP contribution in [0.4, 0.5) is 10.5 Å². The van der Waals surface area contributed by atoms with Crippen LogP contribution in [0.3, 0.4) is 0 Å². The molecule has 8 heteroatoms. The Bertz CT molecular complexity index is 1170. The second kappa shape index (κ2) is 7.69. The molecule has 0 saturated carbocycles. The van der Waals surface area contributed by atoms with Crippen LogP contribution in [-0.2, 0) is 9.59 Å². The van der Waals surface area contributed by atoms with Crippen molar-refractivity contribution in [3.63, 3.8) is 0 Å². The first-order valence-corrected chi connectivity index (χ1v) is 9.62. The highest BCUT2D eigenvalue weighted by atomic mass is 79.9.